The average Bonchev–Trinajstić information content (AvgIpc) is 2.47. The zero-order valence-corrected chi connectivity index (χ0v) is 14.6. The summed E-state index contributed by atoms with van der Waals surface area (Å²) in [6.45, 7) is 3.01. The van der Waals surface area contributed by atoms with Crippen LogP contribution in [-0.2, 0) is 6.54 Å². The highest BCUT2D eigenvalue weighted by atomic mass is 16.5. The SMILES string of the molecule is CCOc1c(OC)cc(CN=C(N(C)C)N(C)C)cc1OC. The highest BCUT2D eigenvalue weighted by Crippen LogP contribution is 2.38. The summed E-state index contributed by atoms with van der Waals surface area (Å²) < 4.78 is 16.4. The van der Waals surface area contributed by atoms with Crippen molar-refractivity contribution in [1.29, 1.82) is 0 Å². The molecule has 0 heterocycles. The van der Waals surface area contributed by atoms with Gasteiger partial charge in [-0.05, 0) is 24.6 Å². The molecule has 0 bridgehead atoms. The van der Waals surface area contributed by atoms with Crippen molar-refractivity contribution in [1.82, 2.24) is 9.80 Å². The molecule has 0 N–H and O–H groups in total. The third-order valence-electron chi connectivity index (χ3n) is 3.01. The van der Waals surface area contributed by atoms with Crippen molar-refractivity contribution < 1.29 is 14.2 Å². The normalized spacial score (nSPS) is 9.95. The van der Waals surface area contributed by atoms with Gasteiger partial charge in [0.1, 0.15) is 0 Å². The van der Waals surface area contributed by atoms with Gasteiger partial charge in [-0.15, -0.1) is 0 Å². The zero-order valence-electron chi connectivity index (χ0n) is 14.6. The van der Waals surface area contributed by atoms with Crippen LogP contribution in [0.4, 0.5) is 0 Å². The number of aliphatic imine (C=N–C) groups is 1. The van der Waals surface area contributed by atoms with Crippen molar-refractivity contribution in [3.63, 3.8) is 0 Å². The van der Waals surface area contributed by atoms with Crippen LogP contribution in [0, 0.1) is 0 Å². The molecule has 6 heteroatoms. The molecule has 0 fully saturated rings. The smallest absolute Gasteiger partial charge is 0.203 e. The molecule has 0 aliphatic heterocycles. The summed E-state index contributed by atoms with van der Waals surface area (Å²) in [4.78, 5) is 8.59. The molecule has 1 rings (SSSR count). The second-order valence-corrected chi connectivity index (χ2v) is 5.17. The average molecular weight is 309 g/mol. The Hall–Kier alpha value is -2.11. The molecule has 1 aromatic carbocycles. The Labute approximate surface area is 133 Å². The van der Waals surface area contributed by atoms with Crippen LogP contribution in [0.1, 0.15) is 12.5 Å². The van der Waals surface area contributed by atoms with Gasteiger partial charge in [0.05, 0.1) is 27.4 Å². The number of rotatable bonds is 6. The standard InChI is InChI=1S/C16H27N3O3/c1-8-22-15-13(20-6)9-12(10-14(15)21-7)11-17-16(18(2)3)19(4)5/h9-10H,8,11H2,1-7H3. The molecule has 0 saturated carbocycles. The van der Waals surface area contributed by atoms with Gasteiger partial charge in [-0.25, -0.2) is 4.99 Å². The van der Waals surface area contributed by atoms with Crippen molar-refractivity contribution in [2.24, 2.45) is 4.99 Å². The second-order valence-electron chi connectivity index (χ2n) is 5.17. The first kappa shape index (κ1) is 17.9. The molecule has 1 aromatic rings. The number of nitrogens with zero attached hydrogens (tertiary/aromatic N) is 3. The highest BCUT2D eigenvalue weighted by molar-refractivity contribution is 5.79. The van der Waals surface area contributed by atoms with Crippen molar-refractivity contribution in [2.75, 3.05) is 49.0 Å². The lowest BCUT2D eigenvalue weighted by Gasteiger charge is -2.22. The van der Waals surface area contributed by atoms with Crippen LogP contribution in [-0.4, -0.2) is 64.8 Å². The summed E-state index contributed by atoms with van der Waals surface area (Å²) in [5.74, 6) is 2.83. The summed E-state index contributed by atoms with van der Waals surface area (Å²) in [6.07, 6.45) is 0. The first-order chi connectivity index (χ1) is 10.4. The molecule has 0 aliphatic rings. The van der Waals surface area contributed by atoms with Gasteiger partial charge in [0.2, 0.25) is 5.75 Å². The van der Waals surface area contributed by atoms with Crippen molar-refractivity contribution >= 4 is 5.96 Å². The summed E-state index contributed by atoms with van der Waals surface area (Å²) >= 11 is 0. The van der Waals surface area contributed by atoms with Crippen LogP contribution in [0.25, 0.3) is 0 Å². The lowest BCUT2D eigenvalue weighted by Crippen LogP contribution is -2.35. The molecule has 0 aromatic heterocycles. The van der Waals surface area contributed by atoms with E-state index in [0.717, 1.165) is 11.5 Å². The molecule has 124 valence electrons. The number of guanidine groups is 1. The fourth-order valence-corrected chi connectivity index (χ4v) is 2.16. The van der Waals surface area contributed by atoms with Crippen molar-refractivity contribution in [3.8, 4) is 17.2 Å². The number of ether oxygens (including phenoxy) is 3. The Bertz CT molecular complexity index is 478. The number of methoxy groups -OCH3 is 2. The van der Waals surface area contributed by atoms with E-state index in [9.17, 15) is 0 Å². The minimum absolute atomic E-state index is 0.533. The monoisotopic (exact) mass is 309 g/mol. The minimum Gasteiger partial charge on any atom is -0.493 e. The second kappa shape index (κ2) is 8.36. The number of hydrogen-bond acceptors (Lipinski definition) is 4. The van der Waals surface area contributed by atoms with E-state index < -0.39 is 0 Å². The first-order valence-corrected chi connectivity index (χ1v) is 7.21. The molecule has 0 saturated heterocycles. The molecular formula is C16H27N3O3. The van der Waals surface area contributed by atoms with Gasteiger partial charge in [0.25, 0.3) is 0 Å². The van der Waals surface area contributed by atoms with Gasteiger partial charge in [0, 0.05) is 28.2 Å². The summed E-state index contributed by atoms with van der Waals surface area (Å²) in [5, 5.41) is 0. The molecule has 0 atom stereocenters. The molecule has 0 aliphatic carbocycles. The zero-order chi connectivity index (χ0) is 16.7. The Morgan fingerprint density at radius 3 is 1.86 bits per heavy atom. The molecule has 0 spiro atoms. The Morgan fingerprint density at radius 1 is 1.00 bits per heavy atom. The van der Waals surface area contributed by atoms with Crippen LogP contribution in [0.3, 0.4) is 0 Å². The molecule has 6 nitrogen and oxygen atoms in total. The summed E-state index contributed by atoms with van der Waals surface area (Å²) in [5.41, 5.74) is 0.998. The predicted octanol–water partition coefficient (Wildman–Crippen LogP) is 2.08. The van der Waals surface area contributed by atoms with E-state index in [1.54, 1.807) is 14.2 Å². The highest BCUT2D eigenvalue weighted by Gasteiger charge is 2.14. The third kappa shape index (κ3) is 4.44. The van der Waals surface area contributed by atoms with E-state index in [4.69, 9.17) is 14.2 Å². The van der Waals surface area contributed by atoms with Gasteiger partial charge in [-0.2, -0.15) is 0 Å². The lowest BCUT2D eigenvalue weighted by atomic mass is 10.2. The summed E-state index contributed by atoms with van der Waals surface area (Å²) in [7, 11) is 11.1. The first-order valence-electron chi connectivity index (χ1n) is 7.21. The fraction of sp³-hybridized carbons (Fsp3) is 0.562. The Kier molecular flexibility index (Phi) is 6.82. The number of benzene rings is 1. The Balaban J connectivity index is 3.13. The quantitative estimate of drug-likeness (QED) is 0.595. The maximum atomic E-state index is 5.60. The van der Waals surface area contributed by atoms with E-state index >= 15 is 0 Å². The van der Waals surface area contributed by atoms with Crippen LogP contribution in [0.5, 0.6) is 17.2 Å². The van der Waals surface area contributed by atoms with Crippen molar-refractivity contribution in [3.05, 3.63) is 17.7 Å². The van der Waals surface area contributed by atoms with Crippen molar-refractivity contribution in [2.45, 2.75) is 13.5 Å². The number of hydrogen-bond donors (Lipinski definition) is 0. The maximum absolute atomic E-state index is 5.60. The Morgan fingerprint density at radius 2 is 1.50 bits per heavy atom. The van der Waals surface area contributed by atoms with Gasteiger partial charge < -0.3 is 24.0 Å². The molecule has 0 amide bonds. The van der Waals surface area contributed by atoms with E-state index in [0.29, 0.717) is 30.4 Å². The molecular weight excluding hydrogens is 282 g/mol. The fourth-order valence-electron chi connectivity index (χ4n) is 2.16. The van der Waals surface area contributed by atoms with E-state index in [-0.39, 0.29) is 0 Å². The largest absolute Gasteiger partial charge is 0.493 e. The van der Waals surface area contributed by atoms with Crippen LogP contribution >= 0.6 is 0 Å². The molecule has 22 heavy (non-hydrogen) atoms. The molecule has 0 unspecified atom stereocenters. The lowest BCUT2D eigenvalue weighted by molar-refractivity contribution is 0.288. The molecule has 0 radical (unpaired) electrons. The van der Waals surface area contributed by atoms with Gasteiger partial charge in [0.15, 0.2) is 17.5 Å². The van der Waals surface area contributed by atoms with Gasteiger partial charge >= 0.3 is 0 Å². The van der Waals surface area contributed by atoms with Crippen LogP contribution < -0.4 is 14.2 Å². The topological polar surface area (TPSA) is 46.5 Å². The van der Waals surface area contributed by atoms with Gasteiger partial charge in [-0.3, -0.25) is 0 Å². The van der Waals surface area contributed by atoms with Crippen LogP contribution in [0.2, 0.25) is 0 Å². The van der Waals surface area contributed by atoms with E-state index in [1.807, 2.05) is 57.0 Å². The van der Waals surface area contributed by atoms with E-state index in [1.165, 1.54) is 0 Å². The van der Waals surface area contributed by atoms with Crippen LogP contribution in [0.15, 0.2) is 17.1 Å². The predicted molar refractivity (Wildman–Crippen MR) is 89.2 cm³/mol. The van der Waals surface area contributed by atoms with Gasteiger partial charge in [-0.1, -0.05) is 0 Å². The third-order valence-corrected chi connectivity index (χ3v) is 3.01. The van der Waals surface area contributed by atoms with E-state index in [2.05, 4.69) is 4.99 Å². The summed E-state index contributed by atoms with van der Waals surface area (Å²) in [6, 6.07) is 3.86. The minimum atomic E-state index is 0.533. The maximum Gasteiger partial charge on any atom is 0.203 e.